The van der Waals surface area contributed by atoms with Crippen molar-refractivity contribution in [3.05, 3.63) is 128 Å². The topological polar surface area (TPSA) is 145 Å². The minimum atomic E-state index is -0.325. The first-order valence-electron chi connectivity index (χ1n) is 11.7. The highest BCUT2D eigenvalue weighted by Crippen LogP contribution is 2.33. The Kier molecular flexibility index (Phi) is 5.17. The quantitative estimate of drug-likeness (QED) is 0.215. The van der Waals surface area contributed by atoms with E-state index in [0.29, 0.717) is 33.4 Å². The summed E-state index contributed by atoms with van der Waals surface area (Å²) >= 11 is 0. The molecule has 2 aliphatic rings. The number of hydrogen-bond acceptors (Lipinski definition) is 8. The van der Waals surface area contributed by atoms with E-state index in [1.165, 1.54) is 12.4 Å². The van der Waals surface area contributed by atoms with E-state index in [2.05, 4.69) is 10.2 Å². The smallest absolute Gasteiger partial charge is 0.196 e. The second-order valence-electron chi connectivity index (χ2n) is 8.88. The van der Waals surface area contributed by atoms with Crippen LogP contribution in [-0.2, 0) is 0 Å². The number of fused-ring (bicyclic) bond motifs is 4. The first-order valence-corrected chi connectivity index (χ1v) is 11.7. The van der Waals surface area contributed by atoms with E-state index in [-0.39, 0.29) is 56.8 Å². The molecule has 0 unspecified atom stereocenters. The van der Waals surface area contributed by atoms with Crippen LogP contribution in [0, 0.1) is 0 Å². The standard InChI is InChI=1S/C30H18N4O4/c31-25-15(9-11-21-23(25)29(37)19-7-3-1-5-17(19)27(21)35)13-33-34-14-16-10-12-22-24(26(16)32)30(38)20-8-4-2-6-18(20)28(22)36/h1-14H,31-32H2/b33-13+,34-14+. The molecule has 4 aromatic carbocycles. The van der Waals surface area contributed by atoms with Gasteiger partial charge in [-0.2, -0.15) is 10.2 Å². The zero-order valence-electron chi connectivity index (χ0n) is 19.8. The van der Waals surface area contributed by atoms with E-state index in [1.54, 1.807) is 72.8 Å². The Labute approximate surface area is 216 Å². The van der Waals surface area contributed by atoms with Crippen molar-refractivity contribution in [2.24, 2.45) is 10.2 Å². The summed E-state index contributed by atoms with van der Waals surface area (Å²) in [5.74, 6) is -1.17. The van der Waals surface area contributed by atoms with Crippen molar-refractivity contribution < 1.29 is 19.2 Å². The van der Waals surface area contributed by atoms with Crippen LogP contribution in [0.2, 0.25) is 0 Å². The van der Waals surface area contributed by atoms with E-state index >= 15 is 0 Å². The van der Waals surface area contributed by atoms with Crippen LogP contribution in [0.1, 0.15) is 74.8 Å². The minimum absolute atomic E-state index is 0.130. The van der Waals surface area contributed by atoms with Crippen molar-refractivity contribution in [3.63, 3.8) is 0 Å². The average Bonchev–Trinajstić information content (AvgIpc) is 2.94. The summed E-state index contributed by atoms with van der Waals surface area (Å²) in [5, 5.41) is 8.04. The van der Waals surface area contributed by atoms with Crippen molar-refractivity contribution in [3.8, 4) is 0 Å². The van der Waals surface area contributed by atoms with Crippen LogP contribution in [0.3, 0.4) is 0 Å². The van der Waals surface area contributed by atoms with E-state index in [0.717, 1.165) is 0 Å². The molecule has 8 nitrogen and oxygen atoms in total. The highest BCUT2D eigenvalue weighted by Gasteiger charge is 2.32. The van der Waals surface area contributed by atoms with Crippen molar-refractivity contribution in [2.45, 2.75) is 0 Å². The molecule has 182 valence electrons. The fourth-order valence-corrected chi connectivity index (χ4v) is 4.87. The van der Waals surface area contributed by atoms with E-state index in [4.69, 9.17) is 11.5 Å². The van der Waals surface area contributed by atoms with Gasteiger partial charge < -0.3 is 11.5 Å². The molecule has 0 bridgehead atoms. The van der Waals surface area contributed by atoms with Crippen LogP contribution in [0.4, 0.5) is 11.4 Å². The number of nitrogens with zero attached hydrogens (tertiary/aromatic N) is 2. The van der Waals surface area contributed by atoms with Gasteiger partial charge in [0.2, 0.25) is 0 Å². The highest BCUT2D eigenvalue weighted by atomic mass is 16.1. The number of carbonyl (C=O) groups is 4. The maximum atomic E-state index is 13.1. The zero-order valence-corrected chi connectivity index (χ0v) is 19.8. The number of hydrogen-bond donors (Lipinski definition) is 2. The Bertz CT molecular complexity index is 1680. The van der Waals surface area contributed by atoms with Gasteiger partial charge in [-0.05, 0) is 12.1 Å². The molecule has 4 aromatic rings. The molecule has 8 heteroatoms. The van der Waals surface area contributed by atoms with Crippen LogP contribution < -0.4 is 11.5 Å². The third-order valence-corrected chi connectivity index (χ3v) is 6.79. The number of carbonyl (C=O) groups excluding carboxylic acids is 4. The van der Waals surface area contributed by atoms with Gasteiger partial charge in [-0.25, -0.2) is 0 Å². The molecule has 0 aromatic heterocycles. The molecule has 0 saturated heterocycles. The lowest BCUT2D eigenvalue weighted by atomic mass is 9.82. The predicted octanol–water partition coefficient (Wildman–Crippen LogP) is 3.85. The Balaban J connectivity index is 1.30. The molecule has 0 fully saturated rings. The van der Waals surface area contributed by atoms with E-state index in [9.17, 15) is 19.2 Å². The molecule has 0 spiro atoms. The van der Waals surface area contributed by atoms with E-state index in [1.807, 2.05) is 0 Å². The molecular formula is C30H18N4O4. The molecule has 0 amide bonds. The number of benzene rings is 4. The van der Waals surface area contributed by atoms with Gasteiger partial charge in [0, 0.05) is 44.5 Å². The summed E-state index contributed by atoms with van der Waals surface area (Å²) in [6.45, 7) is 0. The molecule has 4 N–H and O–H groups in total. The fourth-order valence-electron chi connectivity index (χ4n) is 4.87. The zero-order chi connectivity index (χ0) is 26.6. The van der Waals surface area contributed by atoms with Crippen LogP contribution in [0.15, 0.2) is 83.0 Å². The first-order chi connectivity index (χ1) is 18.4. The first kappa shape index (κ1) is 22.9. The third kappa shape index (κ3) is 3.31. The lowest BCUT2D eigenvalue weighted by Gasteiger charge is -2.19. The van der Waals surface area contributed by atoms with Crippen molar-refractivity contribution >= 4 is 46.9 Å². The lowest BCUT2D eigenvalue weighted by molar-refractivity contribution is 0.0979. The Morgan fingerprint density at radius 1 is 0.447 bits per heavy atom. The molecular weight excluding hydrogens is 480 g/mol. The number of nitrogens with two attached hydrogens (primary N) is 2. The average molecular weight is 498 g/mol. The van der Waals surface area contributed by atoms with Crippen LogP contribution in [0.25, 0.3) is 0 Å². The van der Waals surface area contributed by atoms with Crippen LogP contribution in [0.5, 0.6) is 0 Å². The monoisotopic (exact) mass is 498 g/mol. The molecule has 38 heavy (non-hydrogen) atoms. The van der Waals surface area contributed by atoms with Crippen LogP contribution >= 0.6 is 0 Å². The molecule has 2 aliphatic carbocycles. The van der Waals surface area contributed by atoms with E-state index < -0.39 is 0 Å². The summed E-state index contributed by atoms with van der Waals surface area (Å²) in [7, 11) is 0. The lowest BCUT2D eigenvalue weighted by Crippen LogP contribution is -2.23. The van der Waals surface area contributed by atoms with Gasteiger partial charge in [0.1, 0.15) is 0 Å². The van der Waals surface area contributed by atoms with Gasteiger partial charge in [0.25, 0.3) is 0 Å². The summed E-state index contributed by atoms with van der Waals surface area (Å²) in [4.78, 5) is 51.8. The fraction of sp³-hybridized carbons (Fsp3) is 0. The number of nitrogen functional groups attached to an aromatic ring is 2. The summed E-state index contributed by atoms with van der Waals surface area (Å²) < 4.78 is 0. The van der Waals surface area contributed by atoms with Gasteiger partial charge in [0.15, 0.2) is 23.1 Å². The largest absolute Gasteiger partial charge is 0.398 e. The second kappa shape index (κ2) is 8.56. The third-order valence-electron chi connectivity index (χ3n) is 6.79. The molecule has 0 aliphatic heterocycles. The van der Waals surface area contributed by atoms with Gasteiger partial charge >= 0.3 is 0 Å². The second-order valence-corrected chi connectivity index (χ2v) is 8.88. The molecule has 0 heterocycles. The predicted molar refractivity (Wildman–Crippen MR) is 144 cm³/mol. The maximum Gasteiger partial charge on any atom is 0.196 e. The van der Waals surface area contributed by atoms with Crippen molar-refractivity contribution in [2.75, 3.05) is 11.5 Å². The SMILES string of the molecule is Nc1c(/C=N/N=C/c2ccc3c(c2N)C(=O)c2ccccc2C3=O)ccc2c1C(=O)c1ccccc1C2=O. The van der Waals surface area contributed by atoms with Gasteiger partial charge in [-0.3, -0.25) is 19.2 Å². The summed E-state index contributed by atoms with van der Waals surface area (Å²) in [5.41, 5.74) is 15.7. The minimum Gasteiger partial charge on any atom is -0.398 e. The number of rotatable bonds is 3. The highest BCUT2D eigenvalue weighted by molar-refractivity contribution is 6.31. The molecule has 6 rings (SSSR count). The number of anilines is 2. The normalized spacial score (nSPS) is 14.0. The van der Waals surface area contributed by atoms with Gasteiger partial charge in [-0.15, -0.1) is 0 Å². The Morgan fingerprint density at radius 2 is 0.789 bits per heavy atom. The van der Waals surface area contributed by atoms with Crippen molar-refractivity contribution in [1.29, 1.82) is 0 Å². The van der Waals surface area contributed by atoms with Crippen LogP contribution in [-0.4, -0.2) is 35.6 Å². The Morgan fingerprint density at radius 3 is 1.16 bits per heavy atom. The molecule has 0 saturated carbocycles. The molecule has 0 atom stereocenters. The van der Waals surface area contributed by atoms with Gasteiger partial charge in [-0.1, -0.05) is 60.7 Å². The number of ketones is 4. The molecule has 0 radical (unpaired) electrons. The summed E-state index contributed by atoms with van der Waals surface area (Å²) in [6.07, 6.45) is 2.73. The maximum absolute atomic E-state index is 13.1. The van der Waals surface area contributed by atoms with Gasteiger partial charge in [0.05, 0.1) is 34.9 Å². The van der Waals surface area contributed by atoms with Crippen molar-refractivity contribution in [1.82, 2.24) is 0 Å². The summed E-state index contributed by atoms with van der Waals surface area (Å²) in [6, 6.07) is 19.5. The Hall–Kier alpha value is -5.50.